The van der Waals surface area contributed by atoms with E-state index in [9.17, 15) is 4.79 Å². The second kappa shape index (κ2) is 10.2. The Hall–Kier alpha value is -2.57. The zero-order chi connectivity index (χ0) is 22.4. The van der Waals surface area contributed by atoms with Crippen LogP contribution in [0, 0.1) is 0 Å². The molecule has 7 heteroatoms. The highest BCUT2D eigenvalue weighted by atomic mass is 79.9. The van der Waals surface area contributed by atoms with Crippen molar-refractivity contribution >= 4 is 50.8 Å². The molecule has 0 aliphatic heterocycles. The molecule has 0 spiro atoms. The molecule has 1 heterocycles. The average Bonchev–Trinajstić information content (AvgIpc) is 2.68. The van der Waals surface area contributed by atoms with Gasteiger partial charge in [-0.15, -0.1) is 0 Å². The van der Waals surface area contributed by atoms with E-state index in [4.69, 9.17) is 16.3 Å². The van der Waals surface area contributed by atoms with Crippen LogP contribution in [0.15, 0.2) is 65.1 Å². The van der Waals surface area contributed by atoms with Crippen LogP contribution in [0.2, 0.25) is 5.15 Å². The van der Waals surface area contributed by atoms with Gasteiger partial charge in [-0.25, -0.2) is 9.78 Å². The Labute approximate surface area is 196 Å². The Morgan fingerprint density at radius 3 is 2.26 bits per heavy atom. The van der Waals surface area contributed by atoms with Gasteiger partial charge < -0.3 is 10.1 Å². The maximum absolute atomic E-state index is 12.0. The summed E-state index contributed by atoms with van der Waals surface area (Å²) < 4.78 is 6.16. The number of hydrogen-bond donors (Lipinski definition) is 2. The molecule has 0 saturated carbocycles. The molecule has 0 bridgehead atoms. The van der Waals surface area contributed by atoms with Crippen molar-refractivity contribution in [2.24, 2.45) is 0 Å². The first-order valence-corrected chi connectivity index (χ1v) is 11.1. The average molecular weight is 503 g/mol. The molecule has 0 aliphatic rings. The largest absolute Gasteiger partial charge is 0.444 e. The molecule has 0 atom stereocenters. The molecule has 3 aromatic rings. The van der Waals surface area contributed by atoms with Crippen LogP contribution < -0.4 is 10.6 Å². The summed E-state index contributed by atoms with van der Waals surface area (Å²) in [7, 11) is 0. The van der Waals surface area contributed by atoms with Crippen molar-refractivity contribution < 1.29 is 9.53 Å². The van der Waals surface area contributed by atoms with E-state index in [1.807, 2.05) is 57.2 Å². The molecule has 0 fully saturated rings. The maximum atomic E-state index is 12.0. The fourth-order valence-electron chi connectivity index (χ4n) is 2.96. The van der Waals surface area contributed by atoms with Gasteiger partial charge in [0.25, 0.3) is 0 Å². The standard InChI is InChI=1S/C24H25BrClN3O2/c1-24(2,3)31-23(30)28-19-9-5-7-17(15-19)11-10-16-6-4-8-18(14-16)27-22-20(25)12-13-21(26)29-22/h4-9,12-15H,10-11H2,1-3H3,(H,27,29)(H,28,30). The van der Waals surface area contributed by atoms with Gasteiger partial charge in [-0.1, -0.05) is 35.9 Å². The minimum Gasteiger partial charge on any atom is -0.444 e. The van der Waals surface area contributed by atoms with E-state index in [-0.39, 0.29) is 0 Å². The number of nitrogens with zero attached hydrogens (tertiary/aromatic N) is 1. The molecule has 0 saturated heterocycles. The number of anilines is 3. The molecule has 0 unspecified atom stereocenters. The Bertz CT molecular complexity index is 1070. The summed E-state index contributed by atoms with van der Waals surface area (Å²) in [6.45, 7) is 5.52. The monoisotopic (exact) mass is 501 g/mol. The topological polar surface area (TPSA) is 63.2 Å². The quantitative estimate of drug-likeness (QED) is 0.345. The van der Waals surface area contributed by atoms with Crippen LogP contribution in [0.3, 0.4) is 0 Å². The minimum absolute atomic E-state index is 0.432. The lowest BCUT2D eigenvalue weighted by Crippen LogP contribution is -2.27. The number of rotatable bonds is 6. The Morgan fingerprint density at radius 2 is 1.61 bits per heavy atom. The van der Waals surface area contributed by atoms with Gasteiger partial charge in [-0.2, -0.15) is 0 Å². The smallest absolute Gasteiger partial charge is 0.412 e. The first-order valence-electron chi connectivity index (χ1n) is 9.95. The van der Waals surface area contributed by atoms with Crippen molar-refractivity contribution in [1.29, 1.82) is 0 Å². The highest BCUT2D eigenvalue weighted by Gasteiger charge is 2.16. The lowest BCUT2D eigenvalue weighted by Gasteiger charge is -2.19. The minimum atomic E-state index is -0.531. The molecular weight excluding hydrogens is 478 g/mol. The van der Waals surface area contributed by atoms with Crippen LogP contribution in [-0.2, 0) is 17.6 Å². The molecule has 1 amide bonds. The van der Waals surface area contributed by atoms with Gasteiger partial charge in [0.15, 0.2) is 0 Å². The Kier molecular flexibility index (Phi) is 7.57. The van der Waals surface area contributed by atoms with Gasteiger partial charge in [0.05, 0.1) is 4.47 Å². The van der Waals surface area contributed by atoms with Crippen molar-refractivity contribution in [1.82, 2.24) is 4.98 Å². The SMILES string of the molecule is CC(C)(C)OC(=O)Nc1cccc(CCc2cccc(Nc3nc(Cl)ccc3Br)c2)c1. The van der Waals surface area contributed by atoms with Crippen molar-refractivity contribution in [3.63, 3.8) is 0 Å². The van der Waals surface area contributed by atoms with E-state index in [1.54, 1.807) is 6.07 Å². The van der Waals surface area contributed by atoms with Gasteiger partial charge in [0, 0.05) is 11.4 Å². The number of carbonyl (C=O) groups is 1. The summed E-state index contributed by atoms with van der Waals surface area (Å²) in [6.07, 6.45) is 1.24. The van der Waals surface area contributed by atoms with Gasteiger partial charge >= 0.3 is 6.09 Å². The zero-order valence-electron chi connectivity index (χ0n) is 17.7. The third-order valence-corrected chi connectivity index (χ3v) is 5.13. The number of ether oxygens (including phenoxy) is 1. The van der Waals surface area contributed by atoms with Crippen molar-refractivity contribution in [3.05, 3.63) is 81.4 Å². The molecule has 1 aromatic heterocycles. The molecule has 31 heavy (non-hydrogen) atoms. The molecule has 0 aliphatic carbocycles. The summed E-state index contributed by atoms with van der Waals surface area (Å²) in [6, 6.07) is 19.6. The summed E-state index contributed by atoms with van der Waals surface area (Å²) in [4.78, 5) is 16.3. The lowest BCUT2D eigenvalue weighted by atomic mass is 10.0. The normalized spacial score (nSPS) is 11.1. The van der Waals surface area contributed by atoms with Gasteiger partial charge in [0.2, 0.25) is 0 Å². The predicted molar refractivity (Wildman–Crippen MR) is 130 cm³/mol. The fourth-order valence-corrected chi connectivity index (χ4v) is 3.43. The van der Waals surface area contributed by atoms with E-state index in [0.29, 0.717) is 11.0 Å². The number of nitrogens with one attached hydrogen (secondary N) is 2. The third-order valence-electron chi connectivity index (χ3n) is 4.28. The van der Waals surface area contributed by atoms with Crippen molar-refractivity contribution in [2.75, 3.05) is 10.6 Å². The number of halogens is 2. The number of aryl methyl sites for hydroxylation is 2. The summed E-state index contributed by atoms with van der Waals surface area (Å²) in [5, 5.41) is 6.52. The highest BCUT2D eigenvalue weighted by molar-refractivity contribution is 9.10. The van der Waals surface area contributed by atoms with E-state index in [0.717, 1.165) is 34.3 Å². The van der Waals surface area contributed by atoms with Crippen molar-refractivity contribution in [3.8, 4) is 0 Å². The number of aromatic nitrogens is 1. The molecule has 2 aromatic carbocycles. The van der Waals surface area contributed by atoms with Crippen LogP contribution in [0.1, 0.15) is 31.9 Å². The van der Waals surface area contributed by atoms with Crippen LogP contribution in [0.4, 0.5) is 22.0 Å². The van der Waals surface area contributed by atoms with Crippen molar-refractivity contribution in [2.45, 2.75) is 39.2 Å². The molecule has 3 rings (SSSR count). The third kappa shape index (κ3) is 7.56. The first-order chi connectivity index (χ1) is 14.7. The fraction of sp³-hybridized carbons (Fsp3) is 0.250. The number of carbonyl (C=O) groups excluding carboxylic acids is 1. The van der Waals surface area contributed by atoms with Crippen LogP contribution in [-0.4, -0.2) is 16.7 Å². The second-order valence-corrected chi connectivity index (χ2v) is 9.36. The number of pyridine rings is 1. The van der Waals surface area contributed by atoms with E-state index >= 15 is 0 Å². The van der Waals surface area contributed by atoms with Gasteiger partial charge in [0.1, 0.15) is 16.6 Å². The van der Waals surface area contributed by atoms with Gasteiger partial charge in [-0.05, 0) is 97.1 Å². The number of amides is 1. The van der Waals surface area contributed by atoms with E-state index in [2.05, 4.69) is 49.7 Å². The molecule has 162 valence electrons. The predicted octanol–water partition coefficient (Wildman–Crippen LogP) is 7.37. The molecular formula is C24H25BrClN3O2. The molecule has 0 radical (unpaired) electrons. The summed E-state index contributed by atoms with van der Waals surface area (Å²) >= 11 is 9.49. The summed E-state index contributed by atoms with van der Waals surface area (Å²) in [5.41, 5.74) is 3.45. The second-order valence-electron chi connectivity index (χ2n) is 8.12. The lowest BCUT2D eigenvalue weighted by molar-refractivity contribution is 0.0636. The molecule has 2 N–H and O–H groups in total. The first kappa shape index (κ1) is 23.1. The van der Waals surface area contributed by atoms with Crippen LogP contribution in [0.25, 0.3) is 0 Å². The van der Waals surface area contributed by atoms with E-state index in [1.165, 1.54) is 5.56 Å². The van der Waals surface area contributed by atoms with E-state index < -0.39 is 11.7 Å². The number of benzene rings is 2. The summed E-state index contributed by atoms with van der Waals surface area (Å²) in [5.74, 6) is 0.672. The van der Waals surface area contributed by atoms with Crippen LogP contribution in [0.5, 0.6) is 0 Å². The Morgan fingerprint density at radius 1 is 1.00 bits per heavy atom. The maximum Gasteiger partial charge on any atom is 0.412 e. The van der Waals surface area contributed by atoms with Gasteiger partial charge in [-0.3, -0.25) is 5.32 Å². The number of hydrogen-bond acceptors (Lipinski definition) is 4. The highest BCUT2D eigenvalue weighted by Crippen LogP contribution is 2.26. The zero-order valence-corrected chi connectivity index (χ0v) is 20.0. The Balaban J connectivity index is 1.62. The van der Waals surface area contributed by atoms with Crippen LogP contribution >= 0.6 is 27.5 Å². The molecule has 5 nitrogen and oxygen atoms in total.